The second kappa shape index (κ2) is 7.22. The van der Waals surface area contributed by atoms with Gasteiger partial charge in [0.05, 0.1) is 11.7 Å². The molecule has 0 aromatic carbocycles. The lowest BCUT2D eigenvalue weighted by Crippen LogP contribution is -2.45. The molecule has 0 aliphatic carbocycles. The third kappa shape index (κ3) is 3.77. The van der Waals surface area contributed by atoms with Gasteiger partial charge in [-0.2, -0.15) is 0 Å². The molecule has 0 amide bonds. The molecule has 0 unspecified atom stereocenters. The summed E-state index contributed by atoms with van der Waals surface area (Å²) in [4.78, 5) is 7.17. The minimum absolute atomic E-state index is 0.486. The maximum absolute atomic E-state index is 4.60. The third-order valence-electron chi connectivity index (χ3n) is 3.52. The highest BCUT2D eigenvalue weighted by Crippen LogP contribution is 2.26. The first kappa shape index (κ1) is 14.0. The second-order valence-electron chi connectivity index (χ2n) is 4.85. The number of aromatic nitrogens is 1. The number of pyridine rings is 1. The van der Waals surface area contributed by atoms with Crippen molar-refractivity contribution < 1.29 is 0 Å². The van der Waals surface area contributed by atoms with Crippen LogP contribution in [0.3, 0.4) is 0 Å². The van der Waals surface area contributed by atoms with Crippen molar-refractivity contribution in [3.63, 3.8) is 0 Å². The summed E-state index contributed by atoms with van der Waals surface area (Å²) in [5.74, 6) is 0. The molecule has 1 saturated heterocycles. The highest BCUT2D eigenvalue weighted by atomic mass is 79.9. The molecule has 1 N–H and O–H groups in total. The molecule has 0 saturated carbocycles. The van der Waals surface area contributed by atoms with Crippen LogP contribution in [0.4, 0.5) is 0 Å². The van der Waals surface area contributed by atoms with Crippen LogP contribution in [-0.2, 0) is 0 Å². The maximum Gasteiger partial charge on any atom is 0.0576 e. The molecule has 1 aromatic heterocycles. The summed E-state index contributed by atoms with van der Waals surface area (Å²) >= 11 is 3.46. The molecular weight excluding hydrogens is 290 g/mol. The summed E-state index contributed by atoms with van der Waals surface area (Å²) in [7, 11) is 0. The van der Waals surface area contributed by atoms with Gasteiger partial charge in [0.15, 0.2) is 0 Å². The van der Waals surface area contributed by atoms with Gasteiger partial charge in [-0.1, -0.05) is 19.8 Å². The first-order valence-corrected chi connectivity index (χ1v) is 7.66. The first-order valence-electron chi connectivity index (χ1n) is 6.87. The Hall–Kier alpha value is -0.450. The van der Waals surface area contributed by atoms with E-state index in [0.717, 1.165) is 30.7 Å². The van der Waals surface area contributed by atoms with E-state index in [1.165, 1.54) is 25.0 Å². The Balaban J connectivity index is 2.10. The Morgan fingerprint density at radius 1 is 1.39 bits per heavy atom. The Kier molecular flexibility index (Phi) is 5.60. The van der Waals surface area contributed by atoms with Gasteiger partial charge in [-0.15, -0.1) is 0 Å². The predicted octanol–water partition coefficient (Wildman–Crippen LogP) is 2.98. The van der Waals surface area contributed by atoms with Crippen LogP contribution in [0.5, 0.6) is 0 Å². The quantitative estimate of drug-likeness (QED) is 0.906. The lowest BCUT2D eigenvalue weighted by molar-refractivity contribution is 0.160. The molecule has 2 heterocycles. The molecule has 0 radical (unpaired) electrons. The van der Waals surface area contributed by atoms with Gasteiger partial charge in [0.1, 0.15) is 0 Å². The maximum atomic E-state index is 4.60. The largest absolute Gasteiger partial charge is 0.314 e. The number of nitrogens with zero attached hydrogens (tertiary/aromatic N) is 2. The summed E-state index contributed by atoms with van der Waals surface area (Å²) in [5, 5.41) is 3.42. The van der Waals surface area contributed by atoms with Gasteiger partial charge in [-0.3, -0.25) is 9.88 Å². The van der Waals surface area contributed by atoms with E-state index < -0.39 is 0 Å². The number of piperazine rings is 1. The van der Waals surface area contributed by atoms with Crippen LogP contribution >= 0.6 is 15.9 Å². The summed E-state index contributed by atoms with van der Waals surface area (Å²) < 4.78 is 1.06. The van der Waals surface area contributed by atoms with Crippen molar-refractivity contribution in [2.75, 3.05) is 26.2 Å². The summed E-state index contributed by atoms with van der Waals surface area (Å²) in [6.07, 6.45) is 5.65. The number of rotatable bonds is 5. The number of nitrogens with one attached hydrogen (secondary N) is 1. The second-order valence-corrected chi connectivity index (χ2v) is 5.76. The fraction of sp³-hybridized carbons (Fsp3) is 0.643. The van der Waals surface area contributed by atoms with Gasteiger partial charge in [0, 0.05) is 36.8 Å². The van der Waals surface area contributed by atoms with Gasteiger partial charge in [0.2, 0.25) is 0 Å². The summed E-state index contributed by atoms with van der Waals surface area (Å²) in [5.41, 5.74) is 1.22. The van der Waals surface area contributed by atoms with Gasteiger partial charge < -0.3 is 5.32 Å². The predicted molar refractivity (Wildman–Crippen MR) is 78.6 cm³/mol. The number of unbranched alkanes of at least 4 members (excludes halogenated alkanes) is 1. The molecule has 1 fully saturated rings. The lowest BCUT2D eigenvalue weighted by Gasteiger charge is -2.34. The fourth-order valence-corrected chi connectivity index (χ4v) is 2.73. The number of hydrogen-bond acceptors (Lipinski definition) is 3. The fourth-order valence-electron chi connectivity index (χ4n) is 2.49. The van der Waals surface area contributed by atoms with Crippen LogP contribution < -0.4 is 5.32 Å². The van der Waals surface area contributed by atoms with Crippen molar-refractivity contribution in [1.29, 1.82) is 0 Å². The minimum Gasteiger partial charge on any atom is -0.314 e. The molecule has 4 heteroatoms. The molecule has 0 bridgehead atoms. The number of halogens is 1. The molecular formula is C14H22BrN3. The van der Waals surface area contributed by atoms with Crippen molar-refractivity contribution >= 4 is 15.9 Å². The van der Waals surface area contributed by atoms with E-state index in [1.54, 1.807) is 0 Å². The van der Waals surface area contributed by atoms with Crippen LogP contribution in [0.15, 0.2) is 22.8 Å². The zero-order valence-electron chi connectivity index (χ0n) is 11.0. The average Bonchev–Trinajstić information content (AvgIpc) is 2.42. The SMILES string of the molecule is CCCC[C@H](c1ccc(Br)cn1)N1CCNCC1. The molecule has 0 spiro atoms. The van der Waals surface area contributed by atoms with Crippen molar-refractivity contribution in [1.82, 2.24) is 15.2 Å². The highest BCUT2D eigenvalue weighted by Gasteiger charge is 2.22. The first-order chi connectivity index (χ1) is 8.81. The Morgan fingerprint density at radius 2 is 2.17 bits per heavy atom. The molecule has 2 rings (SSSR count). The van der Waals surface area contributed by atoms with E-state index in [-0.39, 0.29) is 0 Å². The van der Waals surface area contributed by atoms with E-state index in [0.29, 0.717) is 6.04 Å². The minimum atomic E-state index is 0.486. The Bertz CT molecular complexity index is 347. The standard InChI is InChI=1S/C14H22BrN3/c1-2-3-4-14(18-9-7-16-8-10-18)13-6-5-12(15)11-17-13/h5-6,11,14,16H,2-4,7-10H2,1H3/t14-/m1/s1. The molecule has 100 valence electrons. The van der Waals surface area contributed by atoms with E-state index >= 15 is 0 Å². The lowest BCUT2D eigenvalue weighted by atomic mass is 10.0. The topological polar surface area (TPSA) is 28.2 Å². The van der Waals surface area contributed by atoms with Crippen molar-refractivity contribution in [2.45, 2.75) is 32.2 Å². The molecule has 18 heavy (non-hydrogen) atoms. The zero-order chi connectivity index (χ0) is 12.8. The van der Waals surface area contributed by atoms with E-state index in [1.807, 2.05) is 6.20 Å². The smallest absolute Gasteiger partial charge is 0.0576 e. The van der Waals surface area contributed by atoms with Gasteiger partial charge >= 0.3 is 0 Å². The molecule has 1 aromatic rings. The van der Waals surface area contributed by atoms with Crippen LogP contribution in [0, 0.1) is 0 Å². The normalized spacial score (nSPS) is 18.8. The van der Waals surface area contributed by atoms with Crippen LogP contribution in [0.25, 0.3) is 0 Å². The average molecular weight is 312 g/mol. The van der Waals surface area contributed by atoms with Gasteiger partial charge in [-0.25, -0.2) is 0 Å². The molecule has 1 aliphatic heterocycles. The monoisotopic (exact) mass is 311 g/mol. The van der Waals surface area contributed by atoms with Gasteiger partial charge in [0.25, 0.3) is 0 Å². The van der Waals surface area contributed by atoms with Crippen molar-refractivity contribution in [2.24, 2.45) is 0 Å². The Morgan fingerprint density at radius 3 is 2.78 bits per heavy atom. The van der Waals surface area contributed by atoms with Crippen molar-refractivity contribution in [3.05, 3.63) is 28.5 Å². The highest BCUT2D eigenvalue weighted by molar-refractivity contribution is 9.10. The molecule has 1 atom stereocenters. The molecule has 1 aliphatic rings. The summed E-state index contributed by atoms with van der Waals surface area (Å²) in [6.45, 7) is 6.71. The van der Waals surface area contributed by atoms with E-state index in [9.17, 15) is 0 Å². The van der Waals surface area contributed by atoms with Crippen LogP contribution in [0.2, 0.25) is 0 Å². The number of hydrogen-bond donors (Lipinski definition) is 1. The van der Waals surface area contributed by atoms with Crippen molar-refractivity contribution in [3.8, 4) is 0 Å². The Labute approximate surface area is 118 Å². The van der Waals surface area contributed by atoms with Crippen LogP contribution in [0.1, 0.15) is 37.9 Å². The zero-order valence-corrected chi connectivity index (χ0v) is 12.6. The molecule has 3 nitrogen and oxygen atoms in total. The van der Waals surface area contributed by atoms with Crippen LogP contribution in [-0.4, -0.2) is 36.1 Å². The summed E-state index contributed by atoms with van der Waals surface area (Å²) in [6, 6.07) is 4.75. The van der Waals surface area contributed by atoms with Gasteiger partial charge in [-0.05, 0) is 34.5 Å². The van der Waals surface area contributed by atoms with E-state index in [4.69, 9.17) is 0 Å². The van der Waals surface area contributed by atoms with E-state index in [2.05, 4.69) is 50.2 Å². The third-order valence-corrected chi connectivity index (χ3v) is 3.98.